The van der Waals surface area contributed by atoms with Crippen LogP contribution in [-0.4, -0.2) is 19.0 Å². The normalized spacial score (nSPS) is 16.1. The number of hydrogen-bond acceptors (Lipinski definition) is 3. The molecule has 1 aliphatic rings. The molecule has 0 saturated heterocycles. The lowest BCUT2D eigenvalue weighted by molar-refractivity contribution is -0.150. The molecule has 1 aromatic rings. The molecule has 0 spiro atoms. The van der Waals surface area contributed by atoms with Crippen LogP contribution in [0.2, 0.25) is 0 Å². The fourth-order valence-corrected chi connectivity index (χ4v) is 1.89. The van der Waals surface area contributed by atoms with Crippen LogP contribution in [0.3, 0.4) is 0 Å². The quantitative estimate of drug-likeness (QED) is 0.688. The average Bonchev–Trinajstić information content (AvgIpc) is 3.12. The molecule has 90 valence electrons. The molecule has 0 heterocycles. The lowest BCUT2D eigenvalue weighted by Gasteiger charge is -2.12. The molecule has 0 bridgehead atoms. The van der Waals surface area contributed by atoms with E-state index in [0.29, 0.717) is 18.5 Å². The van der Waals surface area contributed by atoms with Gasteiger partial charge in [-0.25, -0.2) is 0 Å². The number of carbonyl (C=O) groups excluding carboxylic acids is 2. The summed E-state index contributed by atoms with van der Waals surface area (Å²) in [5, 5.41) is 2.73. The lowest BCUT2D eigenvalue weighted by Crippen LogP contribution is -2.32. The van der Waals surface area contributed by atoms with Crippen molar-refractivity contribution >= 4 is 33.5 Å². The number of amides is 1. The number of anilines is 1. The van der Waals surface area contributed by atoms with Gasteiger partial charge in [0.05, 0.1) is 7.11 Å². The van der Waals surface area contributed by atoms with Gasteiger partial charge in [0, 0.05) is 10.2 Å². The Balaban J connectivity index is 2.07. The summed E-state index contributed by atoms with van der Waals surface area (Å²) in [6.45, 7) is 0. The molecule has 0 radical (unpaired) electrons. The van der Waals surface area contributed by atoms with E-state index in [1.54, 1.807) is 12.1 Å². The van der Waals surface area contributed by atoms with Gasteiger partial charge < -0.3 is 10.1 Å². The zero-order chi connectivity index (χ0) is 12.5. The van der Waals surface area contributed by atoms with Crippen molar-refractivity contribution in [2.75, 3.05) is 12.4 Å². The summed E-state index contributed by atoms with van der Waals surface area (Å²) >= 11 is 3.31. The summed E-state index contributed by atoms with van der Waals surface area (Å²) in [4.78, 5) is 23.4. The molecule has 17 heavy (non-hydrogen) atoms. The van der Waals surface area contributed by atoms with E-state index in [1.165, 1.54) is 7.11 Å². The molecule has 5 heteroatoms. The van der Waals surface area contributed by atoms with Crippen molar-refractivity contribution in [2.24, 2.45) is 5.41 Å². The van der Waals surface area contributed by atoms with Crippen LogP contribution in [-0.2, 0) is 14.3 Å². The van der Waals surface area contributed by atoms with E-state index in [-0.39, 0.29) is 5.91 Å². The third kappa shape index (κ3) is 2.34. The Bertz CT molecular complexity index is 451. The summed E-state index contributed by atoms with van der Waals surface area (Å²) in [6.07, 6.45) is 1.12. The molecule has 1 aromatic carbocycles. The maximum absolute atomic E-state index is 12.0. The molecular weight excluding hydrogens is 286 g/mol. The number of rotatable bonds is 3. The van der Waals surface area contributed by atoms with Crippen LogP contribution in [0.15, 0.2) is 28.7 Å². The predicted molar refractivity (Wildman–Crippen MR) is 66.5 cm³/mol. The predicted octanol–water partition coefficient (Wildman–Crippen LogP) is 2.34. The van der Waals surface area contributed by atoms with Crippen LogP contribution in [0.5, 0.6) is 0 Å². The Morgan fingerprint density at radius 3 is 2.35 bits per heavy atom. The number of methoxy groups -OCH3 is 1. The van der Waals surface area contributed by atoms with Gasteiger partial charge in [-0.1, -0.05) is 15.9 Å². The summed E-state index contributed by atoms with van der Waals surface area (Å²) in [5.74, 6) is -0.737. The highest BCUT2D eigenvalue weighted by molar-refractivity contribution is 9.10. The molecule has 1 N–H and O–H groups in total. The first-order valence-electron chi connectivity index (χ1n) is 5.24. The van der Waals surface area contributed by atoms with Gasteiger partial charge in [0.1, 0.15) is 5.41 Å². The van der Waals surface area contributed by atoms with Crippen LogP contribution in [0, 0.1) is 5.41 Å². The molecule has 1 fully saturated rings. The zero-order valence-electron chi connectivity index (χ0n) is 9.33. The van der Waals surface area contributed by atoms with Gasteiger partial charge in [0.25, 0.3) is 0 Å². The van der Waals surface area contributed by atoms with Gasteiger partial charge in [-0.15, -0.1) is 0 Å². The smallest absolute Gasteiger partial charge is 0.321 e. The zero-order valence-corrected chi connectivity index (χ0v) is 10.9. The Morgan fingerprint density at radius 2 is 1.88 bits per heavy atom. The summed E-state index contributed by atoms with van der Waals surface area (Å²) in [7, 11) is 1.30. The molecule has 1 amide bonds. The van der Waals surface area contributed by atoms with Crippen LogP contribution < -0.4 is 5.32 Å². The average molecular weight is 298 g/mol. The Kier molecular flexibility index (Phi) is 3.19. The Hall–Kier alpha value is -1.36. The van der Waals surface area contributed by atoms with E-state index in [9.17, 15) is 9.59 Å². The number of ether oxygens (including phenoxy) is 1. The fourth-order valence-electron chi connectivity index (χ4n) is 1.63. The molecule has 0 unspecified atom stereocenters. The maximum atomic E-state index is 12.0. The second kappa shape index (κ2) is 4.49. The van der Waals surface area contributed by atoms with Gasteiger partial charge in [-0.2, -0.15) is 0 Å². The molecule has 0 aliphatic heterocycles. The van der Waals surface area contributed by atoms with Crippen molar-refractivity contribution in [3.05, 3.63) is 28.7 Å². The van der Waals surface area contributed by atoms with Gasteiger partial charge in [0.2, 0.25) is 5.91 Å². The van der Waals surface area contributed by atoms with Gasteiger partial charge in [0.15, 0.2) is 0 Å². The maximum Gasteiger partial charge on any atom is 0.321 e. The fraction of sp³-hybridized carbons (Fsp3) is 0.333. The highest BCUT2D eigenvalue weighted by Crippen LogP contribution is 2.47. The van der Waals surface area contributed by atoms with Crippen molar-refractivity contribution in [1.29, 1.82) is 0 Å². The minimum Gasteiger partial charge on any atom is -0.468 e. The monoisotopic (exact) mass is 297 g/mol. The summed E-state index contributed by atoms with van der Waals surface area (Å²) in [6, 6.07) is 7.20. The highest BCUT2D eigenvalue weighted by Gasteiger charge is 2.57. The van der Waals surface area contributed by atoms with Crippen molar-refractivity contribution in [1.82, 2.24) is 0 Å². The van der Waals surface area contributed by atoms with E-state index < -0.39 is 11.4 Å². The number of halogens is 1. The molecule has 4 nitrogen and oxygen atoms in total. The number of carbonyl (C=O) groups is 2. The van der Waals surface area contributed by atoms with Gasteiger partial charge in [-0.05, 0) is 37.1 Å². The number of benzene rings is 1. The minimum absolute atomic E-state index is 0.285. The van der Waals surface area contributed by atoms with E-state index in [4.69, 9.17) is 0 Å². The first-order valence-corrected chi connectivity index (χ1v) is 6.03. The largest absolute Gasteiger partial charge is 0.468 e. The Labute approximate surface area is 107 Å². The first-order chi connectivity index (χ1) is 8.08. The third-order valence-electron chi connectivity index (χ3n) is 2.86. The number of nitrogens with one attached hydrogen (secondary N) is 1. The molecule has 0 aromatic heterocycles. The highest BCUT2D eigenvalue weighted by atomic mass is 79.9. The lowest BCUT2D eigenvalue weighted by atomic mass is 10.1. The van der Waals surface area contributed by atoms with Gasteiger partial charge in [-0.3, -0.25) is 9.59 Å². The Morgan fingerprint density at radius 1 is 1.29 bits per heavy atom. The van der Waals surface area contributed by atoms with E-state index in [0.717, 1.165) is 4.47 Å². The molecule has 0 atom stereocenters. The van der Waals surface area contributed by atoms with Gasteiger partial charge >= 0.3 is 5.97 Å². The molecule has 2 rings (SSSR count). The first kappa shape index (κ1) is 12.1. The van der Waals surface area contributed by atoms with Crippen LogP contribution in [0.4, 0.5) is 5.69 Å². The number of hydrogen-bond donors (Lipinski definition) is 1. The van der Waals surface area contributed by atoms with Crippen LogP contribution in [0.1, 0.15) is 12.8 Å². The van der Waals surface area contributed by atoms with Crippen molar-refractivity contribution in [2.45, 2.75) is 12.8 Å². The standard InChI is InChI=1S/C12H12BrNO3/c1-17-11(16)12(6-7-12)10(15)14-9-4-2-8(13)3-5-9/h2-5H,6-7H2,1H3,(H,14,15). The van der Waals surface area contributed by atoms with E-state index in [1.807, 2.05) is 12.1 Å². The van der Waals surface area contributed by atoms with Crippen molar-refractivity contribution in [3.8, 4) is 0 Å². The summed E-state index contributed by atoms with van der Waals surface area (Å²) < 4.78 is 5.58. The minimum atomic E-state index is -0.957. The second-order valence-electron chi connectivity index (χ2n) is 4.03. The van der Waals surface area contributed by atoms with Crippen LogP contribution in [0.25, 0.3) is 0 Å². The molecular formula is C12H12BrNO3. The topological polar surface area (TPSA) is 55.4 Å². The third-order valence-corrected chi connectivity index (χ3v) is 3.39. The van der Waals surface area contributed by atoms with Crippen molar-refractivity contribution < 1.29 is 14.3 Å². The summed E-state index contributed by atoms with van der Waals surface area (Å²) in [5.41, 5.74) is -0.282. The van der Waals surface area contributed by atoms with Crippen LogP contribution >= 0.6 is 15.9 Å². The van der Waals surface area contributed by atoms with Crippen molar-refractivity contribution in [3.63, 3.8) is 0 Å². The molecule has 1 aliphatic carbocycles. The SMILES string of the molecule is COC(=O)C1(C(=O)Nc2ccc(Br)cc2)CC1. The van der Waals surface area contributed by atoms with E-state index in [2.05, 4.69) is 26.0 Å². The number of esters is 1. The van der Waals surface area contributed by atoms with E-state index >= 15 is 0 Å². The second-order valence-corrected chi connectivity index (χ2v) is 4.95. The molecule has 1 saturated carbocycles.